The fraction of sp³-hybridized carbons (Fsp3) is 0.0909. The molecule has 3 N–H and O–H groups in total. The van der Waals surface area contributed by atoms with Crippen LogP contribution in [0.5, 0.6) is 0 Å². The number of aryl methyl sites for hydroxylation is 1. The molecule has 1 aromatic carbocycles. The van der Waals surface area contributed by atoms with Gasteiger partial charge in [-0.3, -0.25) is 4.79 Å². The van der Waals surface area contributed by atoms with Crippen LogP contribution < -0.4 is 11.1 Å². The summed E-state index contributed by atoms with van der Waals surface area (Å²) in [5, 5.41) is 5.73. The molecule has 7 heteroatoms. The highest BCUT2D eigenvalue weighted by Crippen LogP contribution is 2.21. The number of aromatic nitrogens is 1. The lowest BCUT2D eigenvalue weighted by atomic mass is 10.2. The maximum absolute atomic E-state index is 13.4. The van der Waals surface area contributed by atoms with Crippen LogP contribution in [0.1, 0.15) is 16.2 Å². The van der Waals surface area contributed by atoms with Gasteiger partial charge in [-0.25, -0.2) is 8.78 Å². The average Bonchev–Trinajstić information content (AvgIpc) is 2.73. The summed E-state index contributed by atoms with van der Waals surface area (Å²) in [6, 6.07) is 2.97. The third kappa shape index (κ3) is 2.29. The predicted octanol–water partition coefficient (Wildman–Crippen LogP) is 2.10. The molecule has 18 heavy (non-hydrogen) atoms. The van der Waals surface area contributed by atoms with E-state index in [0.717, 1.165) is 6.07 Å². The molecule has 0 atom stereocenters. The van der Waals surface area contributed by atoms with E-state index >= 15 is 0 Å². The van der Waals surface area contributed by atoms with Crippen molar-refractivity contribution in [3.63, 3.8) is 0 Å². The molecule has 0 fully saturated rings. The Labute approximate surface area is 101 Å². The third-order valence-corrected chi connectivity index (χ3v) is 2.19. The zero-order valence-electron chi connectivity index (χ0n) is 9.33. The Morgan fingerprint density at radius 1 is 1.33 bits per heavy atom. The van der Waals surface area contributed by atoms with E-state index in [-0.39, 0.29) is 17.1 Å². The molecular formula is C11H9F2N3O2. The Morgan fingerprint density at radius 2 is 2.06 bits per heavy atom. The highest BCUT2D eigenvalue weighted by atomic mass is 19.1. The van der Waals surface area contributed by atoms with E-state index in [4.69, 9.17) is 10.3 Å². The average molecular weight is 253 g/mol. The van der Waals surface area contributed by atoms with Gasteiger partial charge < -0.3 is 15.6 Å². The molecule has 0 spiro atoms. The van der Waals surface area contributed by atoms with Gasteiger partial charge in [0.2, 0.25) is 5.76 Å². The first kappa shape index (κ1) is 12.0. The minimum Gasteiger partial charge on any atom is -0.396 e. The second kappa shape index (κ2) is 4.44. The summed E-state index contributed by atoms with van der Waals surface area (Å²) in [4.78, 5) is 11.6. The number of amides is 1. The number of halogens is 2. The molecular weight excluding hydrogens is 244 g/mol. The van der Waals surface area contributed by atoms with E-state index in [0.29, 0.717) is 11.8 Å². The summed E-state index contributed by atoms with van der Waals surface area (Å²) in [7, 11) is 0. The second-order valence-electron chi connectivity index (χ2n) is 3.64. The summed E-state index contributed by atoms with van der Waals surface area (Å²) in [5.41, 5.74) is 5.30. The molecule has 94 valence electrons. The Balaban J connectivity index is 2.24. The quantitative estimate of drug-likeness (QED) is 0.803. The number of nitrogens with one attached hydrogen (secondary N) is 1. The van der Waals surface area contributed by atoms with Crippen LogP contribution in [0.25, 0.3) is 0 Å². The zero-order valence-corrected chi connectivity index (χ0v) is 9.33. The summed E-state index contributed by atoms with van der Waals surface area (Å²) in [5.74, 6) is -2.58. The standard InChI is InChI=1S/C11H9F2N3O2/c1-5-2-10(18-16-5)11(17)15-9-4-8(14)6(12)3-7(9)13/h2-4H,14H2,1H3,(H,15,17). The molecule has 2 aromatic rings. The first-order valence-corrected chi connectivity index (χ1v) is 4.96. The van der Waals surface area contributed by atoms with Crippen LogP contribution in [0, 0.1) is 18.6 Å². The number of carbonyl (C=O) groups excluding carboxylic acids is 1. The Bertz CT molecular complexity index is 610. The van der Waals surface area contributed by atoms with E-state index in [1.807, 2.05) is 0 Å². The zero-order chi connectivity index (χ0) is 13.3. The highest BCUT2D eigenvalue weighted by molar-refractivity contribution is 6.02. The molecule has 0 saturated heterocycles. The van der Waals surface area contributed by atoms with Crippen molar-refractivity contribution < 1.29 is 18.1 Å². The maximum atomic E-state index is 13.4. The van der Waals surface area contributed by atoms with Crippen LogP contribution >= 0.6 is 0 Å². The normalized spacial score (nSPS) is 10.4. The SMILES string of the molecule is Cc1cc(C(=O)Nc2cc(N)c(F)cc2F)on1. The molecule has 0 radical (unpaired) electrons. The van der Waals surface area contributed by atoms with Gasteiger partial charge in [-0.2, -0.15) is 0 Å². The predicted molar refractivity (Wildman–Crippen MR) is 60.0 cm³/mol. The van der Waals surface area contributed by atoms with Gasteiger partial charge in [-0.15, -0.1) is 0 Å². The lowest BCUT2D eigenvalue weighted by Gasteiger charge is -2.06. The van der Waals surface area contributed by atoms with Gasteiger partial charge >= 0.3 is 0 Å². The number of nitrogens with zero attached hydrogens (tertiary/aromatic N) is 1. The Kier molecular flexibility index (Phi) is 2.97. The second-order valence-corrected chi connectivity index (χ2v) is 3.64. The minimum atomic E-state index is -0.925. The molecule has 0 aliphatic heterocycles. The first-order chi connectivity index (χ1) is 8.47. The molecule has 1 amide bonds. The first-order valence-electron chi connectivity index (χ1n) is 4.96. The lowest BCUT2D eigenvalue weighted by molar-refractivity contribution is 0.0987. The summed E-state index contributed by atoms with van der Waals surface area (Å²) in [6.45, 7) is 1.64. The molecule has 2 rings (SSSR count). The molecule has 1 aromatic heterocycles. The Morgan fingerprint density at radius 3 is 2.67 bits per heavy atom. The van der Waals surface area contributed by atoms with Gasteiger partial charge in [0.15, 0.2) is 0 Å². The highest BCUT2D eigenvalue weighted by Gasteiger charge is 2.15. The van der Waals surface area contributed by atoms with Crippen LogP contribution in [-0.2, 0) is 0 Å². The van der Waals surface area contributed by atoms with Crippen molar-refractivity contribution in [1.82, 2.24) is 5.16 Å². The monoisotopic (exact) mass is 253 g/mol. The number of anilines is 2. The fourth-order valence-electron chi connectivity index (χ4n) is 1.32. The van der Waals surface area contributed by atoms with Gasteiger partial charge in [-0.1, -0.05) is 5.16 Å². The van der Waals surface area contributed by atoms with Crippen molar-refractivity contribution in [3.8, 4) is 0 Å². The van der Waals surface area contributed by atoms with Crippen molar-refractivity contribution in [2.24, 2.45) is 0 Å². The van der Waals surface area contributed by atoms with Gasteiger partial charge in [0, 0.05) is 12.1 Å². The molecule has 0 unspecified atom stereocenters. The molecule has 5 nitrogen and oxygen atoms in total. The van der Waals surface area contributed by atoms with Crippen molar-refractivity contribution in [2.45, 2.75) is 6.92 Å². The van der Waals surface area contributed by atoms with E-state index in [1.165, 1.54) is 6.07 Å². The van der Waals surface area contributed by atoms with Crippen LogP contribution in [-0.4, -0.2) is 11.1 Å². The van der Waals surface area contributed by atoms with Gasteiger partial charge in [0.1, 0.15) is 11.6 Å². The number of rotatable bonds is 2. The number of nitrogens with two attached hydrogens (primary N) is 1. The van der Waals surface area contributed by atoms with E-state index < -0.39 is 17.5 Å². The summed E-state index contributed by atoms with van der Waals surface area (Å²) in [6.07, 6.45) is 0. The molecule has 0 aliphatic rings. The fourth-order valence-corrected chi connectivity index (χ4v) is 1.32. The number of nitrogen functional groups attached to an aromatic ring is 1. The number of benzene rings is 1. The van der Waals surface area contributed by atoms with E-state index in [1.54, 1.807) is 6.92 Å². The molecule has 0 saturated carbocycles. The van der Waals surface area contributed by atoms with Gasteiger partial charge in [0.25, 0.3) is 5.91 Å². The minimum absolute atomic E-state index is 0.0743. The molecule has 0 aliphatic carbocycles. The van der Waals surface area contributed by atoms with Crippen LogP contribution in [0.2, 0.25) is 0 Å². The summed E-state index contributed by atoms with van der Waals surface area (Å²) < 4.78 is 31.0. The van der Waals surface area contributed by atoms with Gasteiger partial charge in [-0.05, 0) is 13.0 Å². The number of hydrogen-bond donors (Lipinski definition) is 2. The largest absolute Gasteiger partial charge is 0.396 e. The van der Waals surface area contributed by atoms with Crippen molar-refractivity contribution in [3.05, 3.63) is 41.3 Å². The molecule has 0 bridgehead atoms. The maximum Gasteiger partial charge on any atom is 0.294 e. The molecule has 1 heterocycles. The van der Waals surface area contributed by atoms with E-state index in [2.05, 4.69) is 10.5 Å². The summed E-state index contributed by atoms with van der Waals surface area (Å²) >= 11 is 0. The van der Waals surface area contributed by atoms with Crippen molar-refractivity contribution in [1.29, 1.82) is 0 Å². The Hall–Kier alpha value is -2.44. The van der Waals surface area contributed by atoms with Gasteiger partial charge in [0.05, 0.1) is 17.1 Å². The lowest BCUT2D eigenvalue weighted by Crippen LogP contribution is -2.12. The van der Waals surface area contributed by atoms with E-state index in [9.17, 15) is 13.6 Å². The number of carbonyl (C=O) groups is 1. The van der Waals surface area contributed by atoms with Crippen molar-refractivity contribution >= 4 is 17.3 Å². The smallest absolute Gasteiger partial charge is 0.294 e. The topological polar surface area (TPSA) is 81.2 Å². The van der Waals surface area contributed by atoms with Crippen LogP contribution in [0.15, 0.2) is 22.7 Å². The van der Waals surface area contributed by atoms with Crippen LogP contribution in [0.3, 0.4) is 0 Å². The third-order valence-electron chi connectivity index (χ3n) is 2.19. The van der Waals surface area contributed by atoms with Crippen LogP contribution in [0.4, 0.5) is 20.2 Å². The number of hydrogen-bond acceptors (Lipinski definition) is 4. The van der Waals surface area contributed by atoms with Crippen molar-refractivity contribution in [2.75, 3.05) is 11.1 Å².